The lowest BCUT2D eigenvalue weighted by Crippen LogP contribution is -2.47. The first kappa shape index (κ1) is 22.6. The number of benzene rings is 3. The summed E-state index contributed by atoms with van der Waals surface area (Å²) >= 11 is 5.99. The highest BCUT2D eigenvalue weighted by Crippen LogP contribution is 2.31. The van der Waals surface area contributed by atoms with E-state index in [-0.39, 0.29) is 10.9 Å². The molecule has 0 saturated carbocycles. The quantitative estimate of drug-likeness (QED) is 0.475. The smallest absolute Gasteiger partial charge is 0.264 e. The number of halogens is 1. The molecule has 32 heavy (non-hydrogen) atoms. The molecule has 0 aromatic heterocycles. The van der Waals surface area contributed by atoms with E-state index in [9.17, 15) is 8.42 Å². The van der Waals surface area contributed by atoms with Crippen LogP contribution in [0.15, 0.2) is 83.8 Å². The van der Waals surface area contributed by atoms with Crippen LogP contribution in [0, 0.1) is 0 Å². The summed E-state index contributed by atoms with van der Waals surface area (Å²) in [4.78, 5) is 2.62. The summed E-state index contributed by atoms with van der Waals surface area (Å²) in [6.45, 7) is 2.46. The topological polar surface area (TPSA) is 49.9 Å². The predicted molar refractivity (Wildman–Crippen MR) is 129 cm³/mol. The number of ether oxygens (including phenoxy) is 1. The summed E-state index contributed by atoms with van der Waals surface area (Å²) in [6, 6.07) is 23.7. The number of hydrogen-bond acceptors (Lipinski definition) is 4. The lowest BCUT2D eigenvalue weighted by molar-refractivity contribution is 0.206. The molecule has 0 unspecified atom stereocenters. The maximum atomic E-state index is 13.6. The van der Waals surface area contributed by atoms with Crippen molar-refractivity contribution in [2.45, 2.75) is 30.3 Å². The van der Waals surface area contributed by atoms with E-state index in [0.717, 1.165) is 38.2 Å². The molecule has 168 valence electrons. The second-order valence-corrected chi connectivity index (χ2v) is 10.2. The van der Waals surface area contributed by atoms with Crippen LogP contribution in [0.2, 0.25) is 5.02 Å². The van der Waals surface area contributed by atoms with E-state index in [2.05, 4.69) is 11.0 Å². The molecule has 0 bridgehead atoms. The van der Waals surface area contributed by atoms with Crippen molar-refractivity contribution in [1.29, 1.82) is 0 Å². The number of para-hydroxylation sites is 1. The Kier molecular flexibility index (Phi) is 7.04. The number of nitrogens with zero attached hydrogens (tertiary/aromatic N) is 2. The van der Waals surface area contributed by atoms with Gasteiger partial charge in [-0.1, -0.05) is 41.9 Å². The fraction of sp³-hybridized carbons (Fsp3) is 0.280. The molecule has 1 aliphatic heterocycles. The average Bonchev–Trinajstić information content (AvgIpc) is 2.81. The predicted octanol–water partition coefficient (Wildman–Crippen LogP) is 5.21. The van der Waals surface area contributed by atoms with Crippen molar-refractivity contribution in [2.24, 2.45) is 0 Å². The first-order valence-corrected chi connectivity index (χ1v) is 12.5. The van der Waals surface area contributed by atoms with E-state index in [1.165, 1.54) is 5.56 Å². The average molecular weight is 471 g/mol. The first-order valence-electron chi connectivity index (χ1n) is 10.7. The van der Waals surface area contributed by atoms with Gasteiger partial charge in [0.25, 0.3) is 10.0 Å². The van der Waals surface area contributed by atoms with Crippen LogP contribution in [0.4, 0.5) is 5.69 Å². The third-order valence-corrected chi connectivity index (χ3v) is 7.96. The molecule has 0 atom stereocenters. The molecule has 0 spiro atoms. The molecule has 1 heterocycles. The summed E-state index contributed by atoms with van der Waals surface area (Å²) in [5.74, 6) is 0.849. The van der Waals surface area contributed by atoms with Crippen LogP contribution in [0.5, 0.6) is 5.75 Å². The largest absolute Gasteiger partial charge is 0.497 e. The van der Waals surface area contributed by atoms with E-state index in [4.69, 9.17) is 16.3 Å². The molecule has 1 saturated heterocycles. The molecular formula is C25H27ClN2O3S. The van der Waals surface area contributed by atoms with Crippen LogP contribution in [0.25, 0.3) is 0 Å². The SMILES string of the molecule is COc1cccc(CN2CCC(N(c3ccccc3)S(=O)(=O)c3ccc(Cl)cc3)CC2)c1. The number of anilines is 1. The van der Waals surface area contributed by atoms with Crippen molar-refractivity contribution in [3.05, 3.63) is 89.4 Å². The van der Waals surface area contributed by atoms with Crippen molar-refractivity contribution in [3.63, 3.8) is 0 Å². The maximum Gasteiger partial charge on any atom is 0.264 e. The fourth-order valence-electron chi connectivity index (χ4n) is 4.18. The lowest BCUT2D eigenvalue weighted by atomic mass is 10.0. The number of piperidine rings is 1. The molecule has 4 rings (SSSR count). The summed E-state index contributed by atoms with van der Waals surface area (Å²) in [6.07, 6.45) is 1.51. The molecule has 0 amide bonds. The fourth-order valence-corrected chi connectivity index (χ4v) is 6.02. The van der Waals surface area contributed by atoms with E-state index < -0.39 is 10.0 Å². The molecule has 3 aromatic rings. The molecule has 3 aromatic carbocycles. The number of hydrogen-bond donors (Lipinski definition) is 0. The Labute approximate surface area is 195 Å². The van der Waals surface area contributed by atoms with Crippen molar-refractivity contribution in [2.75, 3.05) is 24.5 Å². The van der Waals surface area contributed by atoms with Crippen LogP contribution in [0.1, 0.15) is 18.4 Å². The zero-order valence-electron chi connectivity index (χ0n) is 18.0. The van der Waals surface area contributed by atoms with Gasteiger partial charge in [-0.3, -0.25) is 9.21 Å². The lowest BCUT2D eigenvalue weighted by Gasteiger charge is -2.39. The third kappa shape index (κ3) is 5.09. The Hall–Kier alpha value is -2.54. The van der Waals surface area contributed by atoms with Gasteiger partial charge in [0.2, 0.25) is 0 Å². The summed E-state index contributed by atoms with van der Waals surface area (Å²) in [5, 5.41) is 0.515. The van der Waals surface area contributed by atoms with Crippen molar-refractivity contribution < 1.29 is 13.2 Å². The van der Waals surface area contributed by atoms with Gasteiger partial charge in [0.15, 0.2) is 0 Å². The number of rotatable bonds is 7. The molecule has 0 N–H and O–H groups in total. The second-order valence-electron chi connectivity index (χ2n) is 7.95. The van der Waals surface area contributed by atoms with E-state index >= 15 is 0 Å². The molecule has 0 aliphatic carbocycles. The summed E-state index contributed by atoms with van der Waals surface area (Å²) < 4.78 is 34.2. The van der Waals surface area contributed by atoms with E-state index in [1.807, 2.05) is 48.5 Å². The monoisotopic (exact) mass is 470 g/mol. The Balaban J connectivity index is 1.54. The van der Waals surface area contributed by atoms with Crippen LogP contribution in [0.3, 0.4) is 0 Å². The van der Waals surface area contributed by atoms with Crippen molar-refractivity contribution in [3.8, 4) is 5.75 Å². The highest BCUT2D eigenvalue weighted by molar-refractivity contribution is 7.92. The van der Waals surface area contributed by atoms with E-state index in [0.29, 0.717) is 10.7 Å². The van der Waals surface area contributed by atoms with Crippen LogP contribution in [-0.2, 0) is 16.6 Å². The van der Waals surface area contributed by atoms with E-state index in [1.54, 1.807) is 35.7 Å². The van der Waals surface area contributed by atoms with Gasteiger partial charge in [-0.15, -0.1) is 0 Å². The number of methoxy groups -OCH3 is 1. The van der Waals surface area contributed by atoms with Gasteiger partial charge in [-0.25, -0.2) is 8.42 Å². The van der Waals surface area contributed by atoms with Gasteiger partial charge >= 0.3 is 0 Å². The van der Waals surface area contributed by atoms with Crippen LogP contribution < -0.4 is 9.04 Å². The third-order valence-electron chi connectivity index (χ3n) is 5.81. The molecule has 1 aliphatic rings. The minimum atomic E-state index is -3.72. The van der Waals surface area contributed by atoms with Gasteiger partial charge in [-0.2, -0.15) is 0 Å². The second kappa shape index (κ2) is 9.94. The summed E-state index contributed by atoms with van der Waals surface area (Å²) in [7, 11) is -2.05. The highest BCUT2D eigenvalue weighted by atomic mass is 35.5. The van der Waals surface area contributed by atoms with Crippen LogP contribution in [-0.4, -0.2) is 39.6 Å². The number of likely N-dealkylation sites (tertiary alicyclic amines) is 1. The zero-order chi connectivity index (χ0) is 22.6. The standard InChI is InChI=1S/C25H27ClN2O3S/c1-31-24-9-5-6-20(18-24)19-27-16-14-23(15-17-27)28(22-7-3-2-4-8-22)32(29,30)25-12-10-21(26)11-13-25/h2-13,18,23H,14-17,19H2,1H3. The van der Waals surface area contributed by atoms with Gasteiger partial charge in [0.1, 0.15) is 5.75 Å². The molecule has 7 heteroatoms. The van der Waals surface area contributed by atoms with Gasteiger partial charge < -0.3 is 4.74 Å². The summed E-state index contributed by atoms with van der Waals surface area (Å²) in [5.41, 5.74) is 1.88. The minimum absolute atomic E-state index is 0.111. The van der Waals surface area contributed by atoms with Gasteiger partial charge in [0.05, 0.1) is 17.7 Å². The van der Waals surface area contributed by atoms with Gasteiger partial charge in [0, 0.05) is 30.7 Å². The first-order chi connectivity index (χ1) is 15.5. The van der Waals surface area contributed by atoms with Crippen molar-refractivity contribution in [1.82, 2.24) is 4.90 Å². The molecule has 0 radical (unpaired) electrons. The Bertz CT molecular complexity index is 1130. The maximum absolute atomic E-state index is 13.6. The Morgan fingerprint density at radius 1 is 0.969 bits per heavy atom. The minimum Gasteiger partial charge on any atom is -0.497 e. The van der Waals surface area contributed by atoms with Gasteiger partial charge in [-0.05, 0) is 66.9 Å². The zero-order valence-corrected chi connectivity index (χ0v) is 19.6. The molecule has 5 nitrogen and oxygen atoms in total. The molecular weight excluding hydrogens is 444 g/mol. The van der Waals surface area contributed by atoms with Crippen molar-refractivity contribution >= 4 is 27.3 Å². The highest BCUT2D eigenvalue weighted by Gasteiger charge is 2.34. The van der Waals surface area contributed by atoms with Crippen LogP contribution >= 0.6 is 11.6 Å². The Morgan fingerprint density at radius 3 is 2.31 bits per heavy atom. The number of sulfonamides is 1. The Morgan fingerprint density at radius 2 is 1.66 bits per heavy atom. The molecule has 1 fully saturated rings. The normalized spacial score (nSPS) is 15.4.